The third kappa shape index (κ3) is 2.48. The van der Waals surface area contributed by atoms with Crippen molar-refractivity contribution in [3.8, 4) is 5.75 Å². The lowest BCUT2D eigenvalue weighted by Crippen LogP contribution is -2.57. The van der Waals surface area contributed by atoms with Crippen LogP contribution in [-0.4, -0.2) is 18.2 Å². The van der Waals surface area contributed by atoms with Crippen molar-refractivity contribution in [2.24, 2.45) is 23.7 Å². The molecule has 1 N–H and O–H groups in total. The standard InChI is InChI=1S/C21H26FNO/c1-21(5-4-15-11-18(22)2-3-19(15)24-21)12-23-20-16-7-13-6-14(9-16)10-17(20)8-13/h2-5,11,13-14,16-17,20,23H,6-10,12H2,1H3. The molecule has 1 aromatic carbocycles. The zero-order chi connectivity index (χ0) is 16.3. The highest BCUT2D eigenvalue weighted by atomic mass is 19.1. The first kappa shape index (κ1) is 14.9. The Labute approximate surface area is 143 Å². The molecule has 0 spiro atoms. The average Bonchev–Trinajstić information content (AvgIpc) is 2.54. The van der Waals surface area contributed by atoms with Crippen LogP contribution < -0.4 is 10.1 Å². The fraction of sp³-hybridized carbons (Fsp3) is 0.619. The minimum absolute atomic E-state index is 0.211. The molecule has 1 aromatic rings. The molecule has 1 atom stereocenters. The zero-order valence-electron chi connectivity index (χ0n) is 14.3. The Hall–Kier alpha value is -1.35. The van der Waals surface area contributed by atoms with Crippen molar-refractivity contribution in [3.63, 3.8) is 0 Å². The number of hydrogen-bond acceptors (Lipinski definition) is 2. The number of nitrogens with one attached hydrogen (secondary N) is 1. The van der Waals surface area contributed by atoms with Crippen molar-refractivity contribution >= 4 is 6.08 Å². The van der Waals surface area contributed by atoms with E-state index in [0.717, 1.165) is 41.5 Å². The van der Waals surface area contributed by atoms with Crippen LogP contribution in [0.2, 0.25) is 0 Å². The molecule has 3 heteroatoms. The maximum atomic E-state index is 13.3. The van der Waals surface area contributed by atoms with Gasteiger partial charge in [0.1, 0.15) is 17.2 Å². The fourth-order valence-corrected chi connectivity index (χ4v) is 5.97. The van der Waals surface area contributed by atoms with Crippen molar-refractivity contribution < 1.29 is 9.13 Å². The monoisotopic (exact) mass is 327 g/mol. The number of ether oxygens (including phenoxy) is 1. The molecule has 24 heavy (non-hydrogen) atoms. The summed E-state index contributed by atoms with van der Waals surface area (Å²) in [7, 11) is 0. The van der Waals surface area contributed by atoms with Gasteiger partial charge in [0, 0.05) is 18.2 Å². The van der Waals surface area contributed by atoms with Crippen molar-refractivity contribution in [1.29, 1.82) is 0 Å². The zero-order valence-corrected chi connectivity index (χ0v) is 14.3. The van der Waals surface area contributed by atoms with E-state index in [0.29, 0.717) is 6.04 Å². The Bertz CT molecular complexity index is 656. The van der Waals surface area contributed by atoms with E-state index in [1.807, 2.05) is 6.08 Å². The molecule has 1 heterocycles. The summed E-state index contributed by atoms with van der Waals surface area (Å²) in [5.74, 6) is 4.34. The number of halogens is 1. The highest BCUT2D eigenvalue weighted by molar-refractivity contribution is 5.61. The summed E-state index contributed by atoms with van der Waals surface area (Å²) in [6, 6.07) is 5.43. The van der Waals surface area contributed by atoms with Gasteiger partial charge >= 0.3 is 0 Å². The molecule has 1 aliphatic heterocycles. The number of hydrogen-bond donors (Lipinski definition) is 1. The molecule has 0 radical (unpaired) electrons. The van der Waals surface area contributed by atoms with E-state index in [4.69, 9.17) is 4.74 Å². The number of rotatable bonds is 3. The first-order valence-corrected chi connectivity index (χ1v) is 9.49. The molecular weight excluding hydrogens is 301 g/mol. The Morgan fingerprint density at radius 3 is 2.54 bits per heavy atom. The first-order valence-electron chi connectivity index (χ1n) is 9.49. The van der Waals surface area contributed by atoms with Crippen LogP contribution in [0.5, 0.6) is 5.75 Å². The van der Waals surface area contributed by atoms with Crippen molar-refractivity contribution in [1.82, 2.24) is 5.32 Å². The first-order chi connectivity index (χ1) is 11.6. The lowest BCUT2D eigenvalue weighted by atomic mass is 9.54. The molecule has 4 bridgehead atoms. The topological polar surface area (TPSA) is 21.3 Å². The lowest BCUT2D eigenvalue weighted by molar-refractivity contribution is -0.0190. The Morgan fingerprint density at radius 2 is 1.83 bits per heavy atom. The van der Waals surface area contributed by atoms with E-state index in [1.165, 1.54) is 44.2 Å². The molecule has 4 aliphatic carbocycles. The quantitative estimate of drug-likeness (QED) is 0.888. The second-order valence-corrected chi connectivity index (χ2v) is 8.77. The molecule has 4 saturated carbocycles. The Balaban J connectivity index is 1.28. The molecule has 0 saturated heterocycles. The van der Waals surface area contributed by atoms with E-state index < -0.39 is 0 Å². The number of fused-ring (bicyclic) bond motifs is 1. The van der Waals surface area contributed by atoms with Crippen LogP contribution in [0.1, 0.15) is 44.6 Å². The summed E-state index contributed by atoms with van der Waals surface area (Å²) in [6.07, 6.45) is 11.3. The van der Waals surface area contributed by atoms with Crippen LogP contribution in [0.4, 0.5) is 4.39 Å². The van der Waals surface area contributed by atoms with Gasteiger partial charge in [0.25, 0.3) is 0 Å². The van der Waals surface area contributed by atoms with Gasteiger partial charge in [-0.2, -0.15) is 0 Å². The molecule has 4 fully saturated rings. The van der Waals surface area contributed by atoms with Crippen molar-refractivity contribution in [2.75, 3.05) is 6.54 Å². The van der Waals surface area contributed by atoms with Gasteiger partial charge in [-0.3, -0.25) is 0 Å². The summed E-state index contributed by atoms with van der Waals surface area (Å²) in [4.78, 5) is 0. The predicted octanol–water partition coefficient (Wildman–Crippen LogP) is 4.40. The maximum absolute atomic E-state index is 13.3. The fourth-order valence-electron chi connectivity index (χ4n) is 5.97. The highest BCUT2D eigenvalue weighted by Crippen LogP contribution is 2.53. The molecular formula is C21H26FNO. The maximum Gasteiger partial charge on any atom is 0.137 e. The molecule has 1 unspecified atom stereocenters. The van der Waals surface area contributed by atoms with E-state index in [2.05, 4.69) is 18.3 Å². The Kier molecular flexibility index (Phi) is 3.31. The third-order valence-electron chi connectivity index (χ3n) is 6.85. The molecule has 128 valence electrons. The van der Waals surface area contributed by atoms with E-state index in [-0.39, 0.29) is 11.4 Å². The smallest absolute Gasteiger partial charge is 0.137 e. The van der Waals surface area contributed by atoms with Gasteiger partial charge in [0.15, 0.2) is 0 Å². The van der Waals surface area contributed by atoms with Gasteiger partial charge in [0.05, 0.1) is 0 Å². The molecule has 2 nitrogen and oxygen atoms in total. The summed E-state index contributed by atoms with van der Waals surface area (Å²) in [5.41, 5.74) is 0.488. The summed E-state index contributed by atoms with van der Waals surface area (Å²) in [5, 5.41) is 3.87. The summed E-state index contributed by atoms with van der Waals surface area (Å²) in [6.45, 7) is 2.95. The van der Waals surface area contributed by atoms with E-state index in [1.54, 1.807) is 6.07 Å². The van der Waals surface area contributed by atoms with Gasteiger partial charge in [-0.05, 0) is 87.0 Å². The van der Waals surface area contributed by atoms with Crippen molar-refractivity contribution in [2.45, 2.75) is 50.7 Å². The summed E-state index contributed by atoms with van der Waals surface area (Å²) >= 11 is 0. The van der Waals surface area contributed by atoms with Crippen LogP contribution in [0, 0.1) is 29.5 Å². The average molecular weight is 327 g/mol. The second-order valence-electron chi connectivity index (χ2n) is 8.77. The van der Waals surface area contributed by atoms with Gasteiger partial charge < -0.3 is 10.1 Å². The molecule has 0 amide bonds. The minimum atomic E-state index is -0.348. The minimum Gasteiger partial charge on any atom is -0.482 e. The second kappa shape index (κ2) is 5.32. The SMILES string of the molecule is CC1(CNC2C3CC4CC(C3)CC2C4)C=Cc2cc(F)ccc2O1. The van der Waals surface area contributed by atoms with Crippen LogP contribution in [0.25, 0.3) is 6.08 Å². The largest absolute Gasteiger partial charge is 0.482 e. The normalized spacial score (nSPS) is 42.0. The van der Waals surface area contributed by atoms with Crippen LogP contribution in [-0.2, 0) is 0 Å². The third-order valence-corrected chi connectivity index (χ3v) is 6.85. The highest BCUT2D eigenvalue weighted by Gasteiger charge is 2.48. The van der Waals surface area contributed by atoms with Gasteiger partial charge in [0.2, 0.25) is 0 Å². The van der Waals surface area contributed by atoms with Crippen LogP contribution in [0.3, 0.4) is 0 Å². The van der Waals surface area contributed by atoms with Crippen LogP contribution >= 0.6 is 0 Å². The van der Waals surface area contributed by atoms with Crippen LogP contribution in [0.15, 0.2) is 24.3 Å². The summed E-state index contributed by atoms with van der Waals surface area (Å²) < 4.78 is 19.5. The Morgan fingerprint density at radius 1 is 1.12 bits per heavy atom. The van der Waals surface area contributed by atoms with E-state index in [9.17, 15) is 4.39 Å². The van der Waals surface area contributed by atoms with E-state index >= 15 is 0 Å². The van der Waals surface area contributed by atoms with Crippen molar-refractivity contribution in [3.05, 3.63) is 35.7 Å². The van der Waals surface area contributed by atoms with Gasteiger partial charge in [-0.25, -0.2) is 4.39 Å². The number of benzene rings is 1. The predicted molar refractivity (Wildman–Crippen MR) is 93.3 cm³/mol. The van der Waals surface area contributed by atoms with Gasteiger partial charge in [-0.15, -0.1) is 0 Å². The molecule has 0 aromatic heterocycles. The lowest BCUT2D eigenvalue weighted by Gasteiger charge is -2.55. The van der Waals surface area contributed by atoms with Gasteiger partial charge in [-0.1, -0.05) is 6.08 Å². The molecule has 5 aliphatic rings. The molecule has 6 rings (SSSR count).